The molecule has 0 atom stereocenters. The van der Waals surface area contributed by atoms with Crippen LogP contribution < -0.4 is 21.2 Å². The molecule has 0 saturated heterocycles. The molecule has 0 fully saturated rings. The van der Waals surface area contributed by atoms with Crippen LogP contribution in [-0.2, 0) is 15.6 Å². The zero-order chi connectivity index (χ0) is 26.1. The average Bonchev–Trinajstić information content (AvgIpc) is 2.99. The van der Waals surface area contributed by atoms with Crippen LogP contribution in [0.4, 0.5) is 0 Å². The number of aryl methyl sites for hydroxylation is 1. The number of rotatable bonds is 7. The fourth-order valence-corrected chi connectivity index (χ4v) is 9.29. The normalized spacial score (nSPS) is 10.2. The molecule has 0 nitrogen and oxygen atoms in total. The minimum Gasteiger partial charge on any atom is -0.0622 e. The first-order valence-electron chi connectivity index (χ1n) is 12.1. The van der Waals surface area contributed by atoms with Gasteiger partial charge >= 0.3 is 35.1 Å². The Hall–Kier alpha value is -1.65. The van der Waals surface area contributed by atoms with Crippen molar-refractivity contribution >= 4 is 56.6 Å². The molecule has 0 aliphatic rings. The van der Waals surface area contributed by atoms with Gasteiger partial charge in [0.1, 0.15) is 0 Å². The van der Waals surface area contributed by atoms with E-state index in [2.05, 4.69) is 156 Å². The molecule has 5 rings (SSSR count). The van der Waals surface area contributed by atoms with E-state index in [1.807, 2.05) is 37.7 Å². The molecule has 0 aromatic heterocycles. The zero-order valence-corrected chi connectivity index (χ0v) is 26.4. The van der Waals surface area contributed by atoms with Crippen LogP contribution >= 0.6 is 35.4 Å². The van der Waals surface area contributed by atoms with E-state index in [0.29, 0.717) is 0 Å². The summed E-state index contributed by atoms with van der Waals surface area (Å²) in [6.45, 7) is 2.05. The quantitative estimate of drug-likeness (QED) is 0.0694. The van der Waals surface area contributed by atoms with E-state index in [0.717, 1.165) is 0 Å². The van der Waals surface area contributed by atoms with E-state index in [9.17, 15) is 0 Å². The smallest absolute Gasteiger partial charge is 0.0195 e. The van der Waals surface area contributed by atoms with Gasteiger partial charge in [0.05, 0.1) is 0 Å². The fraction of sp³-hybridized carbons (Fsp3) is 0.0909. The van der Waals surface area contributed by atoms with Crippen LogP contribution in [-0.4, -0.2) is 12.3 Å². The number of hydrogen-bond donors (Lipinski definition) is 0. The standard InChI is InChI=1S/C26H24P2.C7H7.HI.Pd/c1-5-13-23(14-6-1)27(24-15-7-2-8-16-24)21-22-28(25-17-9-3-10-18-25)26-19-11-4-12-20-26;1-7-5-3-2-4-6-7;;/h1-20H,21-22H2;2-3,5-6H,1H3;1H;/q;-1;;+2/p-1. The van der Waals surface area contributed by atoms with Crippen LogP contribution in [0.1, 0.15) is 5.56 Å². The fourth-order valence-electron chi connectivity index (χ4n) is 3.93. The third-order valence-corrected chi connectivity index (χ3v) is 11.1. The molecule has 0 amide bonds. The van der Waals surface area contributed by atoms with Gasteiger partial charge < -0.3 is 0 Å². The molecule has 0 saturated carbocycles. The van der Waals surface area contributed by atoms with E-state index in [-0.39, 0.29) is 15.8 Å². The summed E-state index contributed by atoms with van der Waals surface area (Å²) in [5, 5.41) is 5.89. The molecule has 0 radical (unpaired) electrons. The van der Waals surface area contributed by atoms with E-state index >= 15 is 0 Å². The van der Waals surface area contributed by atoms with Crippen molar-refractivity contribution in [2.45, 2.75) is 6.92 Å². The average molecular weight is 723 g/mol. The van der Waals surface area contributed by atoms with E-state index < -0.39 is 0 Å². The predicted molar refractivity (Wildman–Crippen MR) is 172 cm³/mol. The summed E-state index contributed by atoms with van der Waals surface area (Å²) >= 11 is 4.72. The Kier molecular flexibility index (Phi) is 14.4. The van der Waals surface area contributed by atoms with Crippen LogP contribution in [0.15, 0.2) is 146 Å². The molecule has 0 unspecified atom stereocenters. The number of halogens is 1. The maximum Gasteiger partial charge on any atom is -0.0195 e. The molecule has 5 aromatic rings. The van der Waals surface area contributed by atoms with Gasteiger partial charge in [0.2, 0.25) is 0 Å². The summed E-state index contributed by atoms with van der Waals surface area (Å²) in [4.78, 5) is 0. The molecule has 0 bridgehead atoms. The molecule has 37 heavy (non-hydrogen) atoms. The van der Waals surface area contributed by atoms with Gasteiger partial charge in [-0.2, -0.15) is 35.9 Å². The summed E-state index contributed by atoms with van der Waals surface area (Å²) in [6.07, 6.45) is 2.41. The summed E-state index contributed by atoms with van der Waals surface area (Å²) in [5.74, 6) is 0. The van der Waals surface area contributed by atoms with E-state index in [1.165, 1.54) is 39.1 Å². The second-order valence-electron chi connectivity index (χ2n) is 8.23. The van der Waals surface area contributed by atoms with Crippen molar-refractivity contribution in [3.63, 3.8) is 0 Å². The number of benzene rings is 5. The Morgan fingerprint density at radius 3 is 1.05 bits per heavy atom. The molecule has 0 N–H and O–H groups in total. The van der Waals surface area contributed by atoms with Gasteiger partial charge in [0.25, 0.3) is 0 Å². The third kappa shape index (κ3) is 10.2. The second-order valence-corrected chi connectivity index (χ2v) is 12.9. The van der Waals surface area contributed by atoms with Crippen LogP contribution in [0, 0.1) is 13.0 Å². The Labute approximate surface area is 246 Å². The van der Waals surface area contributed by atoms with Crippen molar-refractivity contribution in [3.8, 4) is 0 Å². The Balaban J connectivity index is 0.000000361. The van der Waals surface area contributed by atoms with Crippen LogP contribution in [0.2, 0.25) is 0 Å². The Morgan fingerprint density at radius 1 is 0.514 bits per heavy atom. The largest absolute Gasteiger partial charge is 0.0622 e. The zero-order valence-electron chi connectivity index (χ0n) is 20.9. The van der Waals surface area contributed by atoms with Gasteiger partial charge in [-0.1, -0.05) is 128 Å². The summed E-state index contributed by atoms with van der Waals surface area (Å²) in [7, 11) is -0.696. The molecule has 4 heteroatoms. The maximum absolute atomic E-state index is 2.96. The van der Waals surface area contributed by atoms with E-state index in [4.69, 9.17) is 0 Å². The van der Waals surface area contributed by atoms with Gasteiger partial charge in [-0.25, -0.2) is 0 Å². The Bertz CT molecular complexity index is 1080. The van der Waals surface area contributed by atoms with Gasteiger partial charge in [-0.3, -0.25) is 0 Å². The number of hydrogen-bond acceptors (Lipinski definition) is 0. The Morgan fingerprint density at radius 2 is 0.838 bits per heavy atom. The molecular formula is C33H31IP2Pd. The van der Waals surface area contributed by atoms with Crippen LogP contribution in [0.25, 0.3) is 0 Å². The first-order valence-corrected chi connectivity index (χ1v) is 19.8. The molecule has 0 aliphatic heterocycles. The molecular weight excluding hydrogens is 692 g/mol. The van der Waals surface area contributed by atoms with Gasteiger partial charge in [-0.15, -0.1) is 0 Å². The molecule has 0 spiro atoms. The van der Waals surface area contributed by atoms with Crippen molar-refractivity contribution in [1.29, 1.82) is 0 Å². The second kappa shape index (κ2) is 17.8. The first kappa shape index (κ1) is 29.9. The minimum atomic E-state index is -0.348. The van der Waals surface area contributed by atoms with Gasteiger partial charge in [0.15, 0.2) is 0 Å². The molecule has 0 aliphatic carbocycles. The maximum atomic E-state index is 2.96. The summed E-state index contributed by atoms with van der Waals surface area (Å²) in [5.41, 5.74) is 1.27. The summed E-state index contributed by atoms with van der Waals surface area (Å²) in [6, 6.07) is 55.1. The van der Waals surface area contributed by atoms with Gasteiger partial charge in [-0.05, 0) is 49.4 Å². The first-order chi connectivity index (χ1) is 18.3. The van der Waals surface area contributed by atoms with Crippen molar-refractivity contribution < 1.29 is 15.6 Å². The molecule has 0 heterocycles. The topological polar surface area (TPSA) is 0 Å². The SMILES string of the molecule is Cc1c[c-]ccc1.[Pd+][I].c1ccc(P(CCP(c2ccccc2)c2ccccc2)c2ccccc2)cc1. The molecule has 5 aromatic carbocycles. The monoisotopic (exact) mass is 722 g/mol. The van der Waals surface area contributed by atoms with Crippen molar-refractivity contribution in [1.82, 2.24) is 0 Å². The minimum absolute atomic E-state index is 0.348. The third-order valence-electron chi connectivity index (χ3n) is 5.68. The van der Waals surface area contributed by atoms with Crippen molar-refractivity contribution in [2.24, 2.45) is 0 Å². The van der Waals surface area contributed by atoms with Crippen LogP contribution in [0.3, 0.4) is 0 Å². The van der Waals surface area contributed by atoms with Crippen molar-refractivity contribution in [3.05, 3.63) is 157 Å². The summed E-state index contributed by atoms with van der Waals surface area (Å²) < 4.78 is 0. The van der Waals surface area contributed by atoms with Crippen LogP contribution in [0.5, 0.6) is 0 Å². The predicted octanol–water partition coefficient (Wildman–Crippen LogP) is 7.93. The van der Waals surface area contributed by atoms with Gasteiger partial charge in [0, 0.05) is 0 Å². The van der Waals surface area contributed by atoms with E-state index in [1.54, 1.807) is 0 Å². The van der Waals surface area contributed by atoms with Crippen molar-refractivity contribution in [2.75, 3.05) is 12.3 Å². The molecule has 190 valence electrons.